The van der Waals surface area contributed by atoms with Gasteiger partial charge in [0.2, 0.25) is 0 Å². The topological polar surface area (TPSA) is 59.2 Å². The molecular weight excluding hydrogens is 326 g/mol. The molecule has 3 rings (SSSR count). The predicted octanol–water partition coefficient (Wildman–Crippen LogP) is 3.13. The van der Waals surface area contributed by atoms with Crippen LogP contribution in [-0.4, -0.2) is 28.4 Å². The highest BCUT2D eigenvalue weighted by Crippen LogP contribution is 2.33. The van der Waals surface area contributed by atoms with Crippen molar-refractivity contribution in [2.24, 2.45) is 5.73 Å². The van der Waals surface area contributed by atoms with Gasteiger partial charge in [0.1, 0.15) is 0 Å². The summed E-state index contributed by atoms with van der Waals surface area (Å²) < 4.78 is 5.84. The number of primary amides is 1. The highest BCUT2D eigenvalue weighted by Gasteiger charge is 2.25. The molecule has 1 aliphatic heterocycles. The van der Waals surface area contributed by atoms with Crippen molar-refractivity contribution in [2.45, 2.75) is 18.8 Å². The fraction of sp³-hybridized carbons (Fsp3) is 0.385. The number of likely N-dealkylation sites (tertiary alicyclic amines) is 1. The van der Waals surface area contributed by atoms with E-state index < -0.39 is 0 Å². The van der Waals surface area contributed by atoms with E-state index in [2.05, 4.69) is 22.6 Å². The van der Waals surface area contributed by atoms with Crippen molar-refractivity contribution in [1.82, 2.24) is 9.27 Å². The van der Waals surface area contributed by atoms with Crippen molar-refractivity contribution in [3.63, 3.8) is 0 Å². The molecule has 102 valence electrons. The summed E-state index contributed by atoms with van der Waals surface area (Å²) in [7, 11) is 0. The zero-order chi connectivity index (χ0) is 12.5. The second-order valence-corrected chi connectivity index (χ2v) is 5.47. The van der Waals surface area contributed by atoms with E-state index in [-0.39, 0.29) is 23.0 Å². The third-order valence-electron chi connectivity index (χ3n) is 3.60. The monoisotopic (exact) mass is 341 g/mol. The van der Waals surface area contributed by atoms with Gasteiger partial charge >= 0.3 is 6.03 Å². The summed E-state index contributed by atoms with van der Waals surface area (Å²) in [5.41, 5.74) is 6.49. The number of rotatable bonds is 1. The molecule has 2 aromatic rings. The van der Waals surface area contributed by atoms with Gasteiger partial charge in [-0.15, -0.1) is 17.0 Å². The second-order valence-electron chi connectivity index (χ2n) is 4.66. The summed E-state index contributed by atoms with van der Waals surface area (Å²) in [5.74, 6) is 0.455. The minimum absolute atomic E-state index is 0. The summed E-state index contributed by atoms with van der Waals surface area (Å²) in [5, 5.41) is 1.26. The Morgan fingerprint density at radius 1 is 1.32 bits per heavy atom. The van der Waals surface area contributed by atoms with Crippen molar-refractivity contribution < 1.29 is 4.79 Å². The van der Waals surface area contributed by atoms with Gasteiger partial charge in [-0.1, -0.05) is 18.2 Å². The molecule has 0 bridgehead atoms. The van der Waals surface area contributed by atoms with Gasteiger partial charge < -0.3 is 10.6 Å². The van der Waals surface area contributed by atoms with E-state index in [1.165, 1.54) is 15.8 Å². The number of hydrogen-bond donors (Lipinski definition) is 1. The molecule has 0 saturated carbocycles. The lowest BCUT2D eigenvalue weighted by atomic mass is 9.92. The van der Waals surface area contributed by atoms with E-state index >= 15 is 0 Å². The number of carbonyl (C=O) groups excluding carboxylic acids is 1. The first-order chi connectivity index (χ1) is 8.75. The number of piperidine rings is 1. The molecule has 6 heteroatoms. The Hall–Kier alpha value is -1.14. The summed E-state index contributed by atoms with van der Waals surface area (Å²) in [6.45, 7) is 1.48. The molecule has 1 fully saturated rings. The van der Waals surface area contributed by atoms with Crippen LogP contribution in [0.15, 0.2) is 24.3 Å². The number of nitrogens with zero attached hydrogens (tertiary/aromatic N) is 2. The van der Waals surface area contributed by atoms with E-state index in [0.717, 1.165) is 25.9 Å². The third kappa shape index (κ3) is 2.74. The standard InChI is InChI=1S/C13H15N3OS.BrH/c14-13(17)16-7-5-9(6-8-16)12-10-3-1-2-4-11(10)18-15-12;/h1-4,9H,5-8H2,(H2,14,17);1H. The Morgan fingerprint density at radius 3 is 2.68 bits per heavy atom. The highest BCUT2D eigenvalue weighted by molar-refractivity contribution is 8.93. The Balaban J connectivity index is 0.00000133. The van der Waals surface area contributed by atoms with Crippen LogP contribution in [-0.2, 0) is 0 Å². The van der Waals surface area contributed by atoms with Crippen molar-refractivity contribution in [3.8, 4) is 0 Å². The van der Waals surface area contributed by atoms with Gasteiger partial charge in [0.25, 0.3) is 0 Å². The van der Waals surface area contributed by atoms with Crippen LogP contribution in [0.2, 0.25) is 0 Å². The molecule has 4 nitrogen and oxygen atoms in total. The second kappa shape index (κ2) is 5.88. The zero-order valence-corrected chi connectivity index (χ0v) is 12.9. The first-order valence-corrected chi connectivity index (χ1v) is 6.92. The maximum atomic E-state index is 11.1. The number of aromatic nitrogens is 1. The van der Waals surface area contributed by atoms with Crippen molar-refractivity contribution in [1.29, 1.82) is 0 Å². The van der Waals surface area contributed by atoms with Crippen LogP contribution in [0.1, 0.15) is 24.5 Å². The molecule has 2 heterocycles. The first-order valence-electron chi connectivity index (χ1n) is 6.14. The van der Waals surface area contributed by atoms with Crippen LogP contribution in [0.3, 0.4) is 0 Å². The van der Waals surface area contributed by atoms with Crippen LogP contribution in [0.5, 0.6) is 0 Å². The van der Waals surface area contributed by atoms with Gasteiger partial charge in [-0.05, 0) is 30.4 Å². The van der Waals surface area contributed by atoms with Gasteiger partial charge in [-0.2, -0.15) is 4.37 Å². The summed E-state index contributed by atoms with van der Waals surface area (Å²) in [6.07, 6.45) is 1.91. The summed E-state index contributed by atoms with van der Waals surface area (Å²) in [4.78, 5) is 12.8. The average molecular weight is 342 g/mol. The number of halogens is 1. The Bertz CT molecular complexity index is 578. The SMILES string of the molecule is Br.NC(=O)N1CCC(c2nsc3ccccc23)CC1. The molecule has 2 N–H and O–H groups in total. The first kappa shape index (κ1) is 14.3. The quantitative estimate of drug-likeness (QED) is 0.866. The highest BCUT2D eigenvalue weighted by atomic mass is 79.9. The fourth-order valence-corrected chi connectivity index (χ4v) is 3.43. The number of hydrogen-bond acceptors (Lipinski definition) is 3. The van der Waals surface area contributed by atoms with Gasteiger partial charge in [0.15, 0.2) is 0 Å². The lowest BCUT2D eigenvalue weighted by Crippen LogP contribution is -2.41. The molecule has 0 spiro atoms. The van der Waals surface area contributed by atoms with E-state index in [1.54, 1.807) is 16.4 Å². The molecule has 0 aliphatic carbocycles. The molecule has 0 unspecified atom stereocenters. The summed E-state index contributed by atoms with van der Waals surface area (Å²) in [6, 6.07) is 8.03. The minimum atomic E-state index is -0.309. The number of urea groups is 1. The molecule has 19 heavy (non-hydrogen) atoms. The lowest BCUT2D eigenvalue weighted by molar-refractivity contribution is 0.190. The Kier molecular flexibility index (Phi) is 4.42. The van der Waals surface area contributed by atoms with Gasteiger partial charge in [0.05, 0.1) is 10.4 Å². The van der Waals surface area contributed by atoms with Crippen molar-refractivity contribution >= 4 is 44.6 Å². The van der Waals surface area contributed by atoms with Gasteiger partial charge in [-0.3, -0.25) is 0 Å². The average Bonchev–Trinajstić information content (AvgIpc) is 2.82. The molecule has 0 radical (unpaired) electrons. The number of amides is 2. The minimum Gasteiger partial charge on any atom is -0.351 e. The molecule has 2 amide bonds. The Morgan fingerprint density at radius 2 is 2.00 bits per heavy atom. The van der Waals surface area contributed by atoms with Crippen LogP contribution in [0.25, 0.3) is 10.1 Å². The number of fused-ring (bicyclic) bond motifs is 1. The van der Waals surface area contributed by atoms with E-state index in [0.29, 0.717) is 5.92 Å². The lowest BCUT2D eigenvalue weighted by Gasteiger charge is -2.30. The van der Waals surface area contributed by atoms with E-state index in [9.17, 15) is 4.79 Å². The third-order valence-corrected chi connectivity index (χ3v) is 4.44. The number of benzene rings is 1. The van der Waals surface area contributed by atoms with Crippen molar-refractivity contribution in [2.75, 3.05) is 13.1 Å². The Labute approximate surface area is 126 Å². The normalized spacial score (nSPS) is 16.3. The number of nitrogens with two attached hydrogens (primary N) is 1. The van der Waals surface area contributed by atoms with Crippen molar-refractivity contribution in [3.05, 3.63) is 30.0 Å². The predicted molar refractivity (Wildman–Crippen MR) is 83.1 cm³/mol. The van der Waals surface area contributed by atoms with Gasteiger partial charge in [0, 0.05) is 24.4 Å². The van der Waals surface area contributed by atoms with E-state index in [4.69, 9.17) is 5.73 Å². The van der Waals surface area contributed by atoms with Crippen LogP contribution >= 0.6 is 28.5 Å². The molecule has 1 saturated heterocycles. The molecule has 1 aromatic carbocycles. The van der Waals surface area contributed by atoms with E-state index in [1.807, 2.05) is 6.07 Å². The number of carbonyl (C=O) groups is 1. The van der Waals surface area contributed by atoms with Crippen LogP contribution < -0.4 is 5.73 Å². The smallest absolute Gasteiger partial charge is 0.314 e. The van der Waals surface area contributed by atoms with Gasteiger partial charge in [-0.25, -0.2) is 4.79 Å². The van der Waals surface area contributed by atoms with Crippen LogP contribution in [0, 0.1) is 0 Å². The molecular formula is C13H16BrN3OS. The summed E-state index contributed by atoms with van der Waals surface area (Å²) >= 11 is 1.56. The maximum Gasteiger partial charge on any atom is 0.314 e. The molecule has 0 atom stereocenters. The largest absolute Gasteiger partial charge is 0.351 e. The maximum absolute atomic E-state index is 11.1. The fourth-order valence-electron chi connectivity index (χ4n) is 2.57. The zero-order valence-electron chi connectivity index (χ0n) is 10.4. The van der Waals surface area contributed by atoms with Crippen LogP contribution in [0.4, 0.5) is 4.79 Å². The molecule has 1 aliphatic rings. The molecule has 1 aromatic heterocycles.